The van der Waals surface area contributed by atoms with E-state index >= 15 is 0 Å². The van der Waals surface area contributed by atoms with Crippen LogP contribution in [-0.4, -0.2) is 47.9 Å². The van der Waals surface area contributed by atoms with Crippen LogP contribution in [0.3, 0.4) is 0 Å². The molecule has 0 aromatic heterocycles. The fourth-order valence-electron chi connectivity index (χ4n) is 2.35. The molecule has 0 fully saturated rings. The second-order valence-electron chi connectivity index (χ2n) is 6.15. The number of methoxy groups -OCH3 is 1. The SMILES string of the molecule is COc1ccc(C(=O)CCC(=O)N(CCC(=O)O)CC(C)C)cc1F. The lowest BCUT2D eigenvalue weighted by Crippen LogP contribution is -2.36. The van der Waals surface area contributed by atoms with Gasteiger partial charge in [0, 0.05) is 31.5 Å². The number of hydrogen-bond donors (Lipinski definition) is 1. The van der Waals surface area contributed by atoms with Crippen molar-refractivity contribution in [3.63, 3.8) is 0 Å². The molecule has 0 saturated carbocycles. The maximum absolute atomic E-state index is 13.6. The van der Waals surface area contributed by atoms with Gasteiger partial charge in [0.25, 0.3) is 0 Å². The summed E-state index contributed by atoms with van der Waals surface area (Å²) in [6, 6.07) is 3.90. The molecule has 0 unspecified atom stereocenters. The summed E-state index contributed by atoms with van der Waals surface area (Å²) in [5.74, 6) is -2.02. The molecule has 1 aromatic carbocycles. The van der Waals surface area contributed by atoms with Gasteiger partial charge >= 0.3 is 5.97 Å². The molecule has 0 heterocycles. The summed E-state index contributed by atoms with van der Waals surface area (Å²) >= 11 is 0. The molecule has 6 nitrogen and oxygen atoms in total. The van der Waals surface area contributed by atoms with Gasteiger partial charge in [0.1, 0.15) is 0 Å². The Morgan fingerprint density at radius 1 is 1.20 bits per heavy atom. The van der Waals surface area contributed by atoms with Gasteiger partial charge in [-0.05, 0) is 24.1 Å². The van der Waals surface area contributed by atoms with E-state index in [0.29, 0.717) is 6.54 Å². The van der Waals surface area contributed by atoms with E-state index in [9.17, 15) is 18.8 Å². The third-order valence-corrected chi connectivity index (χ3v) is 3.57. The van der Waals surface area contributed by atoms with Gasteiger partial charge in [-0.1, -0.05) is 13.8 Å². The van der Waals surface area contributed by atoms with Gasteiger partial charge in [-0.3, -0.25) is 14.4 Å². The van der Waals surface area contributed by atoms with E-state index in [0.717, 1.165) is 6.07 Å². The minimum absolute atomic E-state index is 0.0428. The molecule has 7 heteroatoms. The summed E-state index contributed by atoms with van der Waals surface area (Å²) in [6.45, 7) is 4.38. The van der Waals surface area contributed by atoms with Gasteiger partial charge in [-0.15, -0.1) is 0 Å². The Bertz CT molecular complexity index is 630. The van der Waals surface area contributed by atoms with Crippen molar-refractivity contribution < 1.29 is 28.6 Å². The summed E-state index contributed by atoms with van der Waals surface area (Å²) in [4.78, 5) is 36.6. The molecule has 1 rings (SSSR count). The monoisotopic (exact) mass is 353 g/mol. The summed E-state index contributed by atoms with van der Waals surface area (Å²) < 4.78 is 18.4. The number of benzene rings is 1. The number of rotatable bonds is 10. The highest BCUT2D eigenvalue weighted by Gasteiger charge is 2.18. The van der Waals surface area contributed by atoms with Crippen LogP contribution in [0, 0.1) is 11.7 Å². The number of hydrogen-bond acceptors (Lipinski definition) is 4. The maximum Gasteiger partial charge on any atom is 0.305 e. The van der Waals surface area contributed by atoms with Crippen LogP contribution in [0.2, 0.25) is 0 Å². The van der Waals surface area contributed by atoms with E-state index in [1.54, 1.807) is 0 Å². The number of amides is 1. The number of carbonyl (C=O) groups excluding carboxylic acids is 2. The van der Waals surface area contributed by atoms with Crippen molar-refractivity contribution >= 4 is 17.7 Å². The molecule has 0 bridgehead atoms. The maximum atomic E-state index is 13.6. The van der Waals surface area contributed by atoms with E-state index in [1.807, 2.05) is 13.8 Å². The Kier molecular flexibility index (Phi) is 8.04. The topological polar surface area (TPSA) is 83.9 Å². The first-order chi connectivity index (χ1) is 11.7. The van der Waals surface area contributed by atoms with Crippen molar-refractivity contribution in [2.45, 2.75) is 33.1 Å². The molecule has 138 valence electrons. The smallest absolute Gasteiger partial charge is 0.305 e. The Morgan fingerprint density at radius 2 is 1.88 bits per heavy atom. The van der Waals surface area contributed by atoms with E-state index < -0.39 is 11.8 Å². The van der Waals surface area contributed by atoms with Crippen LogP contribution in [0.1, 0.15) is 43.5 Å². The average molecular weight is 353 g/mol. The predicted molar refractivity (Wildman–Crippen MR) is 90.2 cm³/mol. The number of carboxylic acid groups (broad SMARTS) is 1. The van der Waals surface area contributed by atoms with Crippen LogP contribution < -0.4 is 4.74 Å². The molecule has 25 heavy (non-hydrogen) atoms. The van der Waals surface area contributed by atoms with Crippen LogP contribution in [0.25, 0.3) is 0 Å². The minimum atomic E-state index is -0.980. The quantitative estimate of drug-likeness (QED) is 0.654. The molecule has 0 saturated heterocycles. The Balaban J connectivity index is 2.66. The molecule has 0 aliphatic rings. The summed E-state index contributed by atoms with van der Waals surface area (Å²) in [5, 5.41) is 8.78. The second-order valence-corrected chi connectivity index (χ2v) is 6.15. The van der Waals surface area contributed by atoms with Gasteiger partial charge in [-0.2, -0.15) is 0 Å². The first-order valence-corrected chi connectivity index (χ1v) is 8.11. The lowest BCUT2D eigenvalue weighted by Gasteiger charge is -2.24. The van der Waals surface area contributed by atoms with Crippen LogP contribution in [-0.2, 0) is 9.59 Å². The van der Waals surface area contributed by atoms with Crippen molar-refractivity contribution in [3.8, 4) is 5.75 Å². The molecule has 0 aliphatic carbocycles. The molecule has 0 radical (unpaired) electrons. The van der Waals surface area contributed by atoms with Crippen LogP contribution in [0.5, 0.6) is 5.75 Å². The first-order valence-electron chi connectivity index (χ1n) is 8.11. The third-order valence-electron chi connectivity index (χ3n) is 3.57. The lowest BCUT2D eigenvalue weighted by molar-refractivity contribution is -0.138. The third kappa shape index (κ3) is 6.91. The normalized spacial score (nSPS) is 10.6. The molecular formula is C18H24FNO5. The standard InChI is InChI=1S/C18H24FNO5/c1-12(2)11-20(9-8-18(23)24)17(22)7-5-15(21)13-4-6-16(25-3)14(19)10-13/h4,6,10,12H,5,7-9,11H2,1-3H3,(H,23,24). The Labute approximate surface area is 146 Å². The number of aliphatic carboxylic acids is 1. The fraction of sp³-hybridized carbons (Fsp3) is 0.500. The Morgan fingerprint density at radius 3 is 2.40 bits per heavy atom. The highest BCUT2D eigenvalue weighted by molar-refractivity contribution is 5.98. The van der Waals surface area contributed by atoms with Crippen molar-refractivity contribution in [2.75, 3.05) is 20.2 Å². The zero-order valence-corrected chi connectivity index (χ0v) is 14.8. The van der Waals surface area contributed by atoms with Crippen molar-refractivity contribution in [3.05, 3.63) is 29.6 Å². The lowest BCUT2D eigenvalue weighted by atomic mass is 10.1. The second kappa shape index (κ2) is 9.76. The number of carbonyl (C=O) groups is 3. The van der Waals surface area contributed by atoms with E-state index in [1.165, 1.54) is 24.1 Å². The number of ether oxygens (including phenoxy) is 1. The zero-order chi connectivity index (χ0) is 19.0. The van der Waals surface area contributed by atoms with Crippen LogP contribution >= 0.6 is 0 Å². The molecule has 1 aromatic rings. The minimum Gasteiger partial charge on any atom is -0.494 e. The van der Waals surface area contributed by atoms with Gasteiger partial charge in [0.15, 0.2) is 17.3 Å². The fourth-order valence-corrected chi connectivity index (χ4v) is 2.35. The average Bonchev–Trinajstić information content (AvgIpc) is 2.55. The summed E-state index contributed by atoms with van der Waals surface area (Å²) in [7, 11) is 1.33. The van der Waals surface area contributed by atoms with Gasteiger partial charge in [0.05, 0.1) is 13.5 Å². The van der Waals surface area contributed by atoms with Gasteiger partial charge in [-0.25, -0.2) is 4.39 Å². The van der Waals surface area contributed by atoms with Crippen LogP contribution in [0.4, 0.5) is 4.39 Å². The molecule has 0 aliphatic heterocycles. The van der Waals surface area contributed by atoms with Gasteiger partial charge < -0.3 is 14.7 Å². The van der Waals surface area contributed by atoms with E-state index in [-0.39, 0.29) is 54.7 Å². The molecular weight excluding hydrogens is 329 g/mol. The van der Waals surface area contributed by atoms with Crippen molar-refractivity contribution in [1.82, 2.24) is 4.90 Å². The number of Topliss-reactive ketones (excluding diaryl/α,β-unsaturated/α-hetero) is 1. The largest absolute Gasteiger partial charge is 0.494 e. The zero-order valence-electron chi connectivity index (χ0n) is 14.8. The first kappa shape index (κ1) is 20.6. The van der Waals surface area contributed by atoms with E-state index in [2.05, 4.69) is 0 Å². The summed E-state index contributed by atoms with van der Waals surface area (Å²) in [6.07, 6.45) is -0.249. The summed E-state index contributed by atoms with van der Waals surface area (Å²) in [5.41, 5.74) is 0.173. The number of nitrogens with zero attached hydrogens (tertiary/aromatic N) is 1. The Hall–Kier alpha value is -2.44. The number of halogens is 1. The van der Waals surface area contributed by atoms with Gasteiger partial charge in [0.2, 0.25) is 5.91 Å². The van der Waals surface area contributed by atoms with E-state index in [4.69, 9.17) is 9.84 Å². The van der Waals surface area contributed by atoms with Crippen LogP contribution in [0.15, 0.2) is 18.2 Å². The molecule has 0 atom stereocenters. The van der Waals surface area contributed by atoms with Crippen molar-refractivity contribution in [1.29, 1.82) is 0 Å². The predicted octanol–water partition coefficient (Wildman–Crippen LogP) is 2.76. The highest BCUT2D eigenvalue weighted by atomic mass is 19.1. The highest BCUT2D eigenvalue weighted by Crippen LogP contribution is 2.19. The van der Waals surface area contributed by atoms with Crippen molar-refractivity contribution in [2.24, 2.45) is 5.92 Å². The molecule has 0 spiro atoms. The molecule has 1 N–H and O–H groups in total. The number of carboxylic acids is 1. The number of ketones is 1. The molecule has 1 amide bonds.